The Morgan fingerprint density at radius 2 is 2.06 bits per heavy atom. The number of benzene rings is 1. The molecule has 0 fully saturated rings. The molecule has 3 rings (SSSR count). The van der Waals surface area contributed by atoms with Crippen molar-refractivity contribution in [2.45, 2.75) is 6.54 Å². The second kappa shape index (κ2) is 4.42. The van der Waals surface area contributed by atoms with Crippen molar-refractivity contribution < 1.29 is 0 Å². The zero-order valence-electron chi connectivity index (χ0n) is 9.59. The van der Waals surface area contributed by atoms with Crippen molar-refractivity contribution in [1.29, 1.82) is 0 Å². The lowest BCUT2D eigenvalue weighted by Gasteiger charge is -2.09. The van der Waals surface area contributed by atoms with E-state index < -0.39 is 0 Å². The quantitative estimate of drug-likeness (QED) is 0.646. The van der Waals surface area contributed by atoms with Crippen LogP contribution in [0.1, 0.15) is 5.56 Å². The highest BCUT2D eigenvalue weighted by atomic mass is 15.1. The van der Waals surface area contributed by atoms with E-state index in [2.05, 4.69) is 25.3 Å². The zero-order chi connectivity index (χ0) is 12.4. The number of para-hydroxylation sites is 1. The van der Waals surface area contributed by atoms with Gasteiger partial charge in [-0.15, -0.1) is 0 Å². The molecule has 2 aromatic heterocycles. The molecule has 0 amide bonds. The van der Waals surface area contributed by atoms with Crippen LogP contribution in [-0.2, 0) is 6.54 Å². The maximum Gasteiger partial charge on any atom is 0.182 e. The molecule has 0 saturated carbocycles. The van der Waals surface area contributed by atoms with E-state index >= 15 is 0 Å². The number of imidazole rings is 1. The van der Waals surface area contributed by atoms with E-state index in [1.807, 2.05) is 24.3 Å². The Bertz CT molecular complexity index is 675. The third kappa shape index (κ3) is 1.78. The number of anilines is 2. The molecule has 0 unspecified atom stereocenters. The van der Waals surface area contributed by atoms with Crippen molar-refractivity contribution in [1.82, 2.24) is 19.9 Å². The summed E-state index contributed by atoms with van der Waals surface area (Å²) in [5, 5.41) is 3.25. The van der Waals surface area contributed by atoms with E-state index in [-0.39, 0.29) is 0 Å². The fourth-order valence-electron chi connectivity index (χ4n) is 1.81. The van der Waals surface area contributed by atoms with Crippen LogP contribution in [0.5, 0.6) is 0 Å². The van der Waals surface area contributed by atoms with Gasteiger partial charge in [0.05, 0.1) is 6.33 Å². The molecular weight excluding hydrogens is 228 g/mol. The Balaban J connectivity index is 2.04. The van der Waals surface area contributed by atoms with Gasteiger partial charge < -0.3 is 16.0 Å². The van der Waals surface area contributed by atoms with Crippen molar-refractivity contribution >= 4 is 22.7 Å². The predicted octanol–water partition coefficient (Wildman–Crippen LogP) is 1.56. The van der Waals surface area contributed by atoms with E-state index in [4.69, 9.17) is 5.73 Å². The molecule has 4 N–H and O–H groups in total. The van der Waals surface area contributed by atoms with Crippen molar-refractivity contribution in [3.63, 3.8) is 0 Å². The van der Waals surface area contributed by atoms with Gasteiger partial charge >= 0.3 is 0 Å². The third-order valence-electron chi connectivity index (χ3n) is 2.71. The summed E-state index contributed by atoms with van der Waals surface area (Å²) in [5.41, 5.74) is 9.09. The van der Waals surface area contributed by atoms with Crippen LogP contribution in [0.4, 0.5) is 11.5 Å². The second-order valence-corrected chi connectivity index (χ2v) is 3.81. The van der Waals surface area contributed by atoms with Gasteiger partial charge in [0.25, 0.3) is 0 Å². The summed E-state index contributed by atoms with van der Waals surface area (Å²) in [6.45, 7) is 0.473. The summed E-state index contributed by atoms with van der Waals surface area (Å²) >= 11 is 0. The Hall–Kier alpha value is -2.47. The normalized spacial score (nSPS) is 10.7. The smallest absolute Gasteiger partial charge is 0.182 e. The topological polar surface area (TPSA) is 92.5 Å². The summed E-state index contributed by atoms with van der Waals surface area (Å²) in [4.78, 5) is 15.4. The summed E-state index contributed by atoms with van der Waals surface area (Å²) in [6, 6.07) is 7.85. The van der Waals surface area contributed by atoms with Crippen molar-refractivity contribution in [3.8, 4) is 0 Å². The van der Waals surface area contributed by atoms with Crippen LogP contribution in [0.15, 0.2) is 36.9 Å². The van der Waals surface area contributed by atoms with Gasteiger partial charge in [0, 0.05) is 12.2 Å². The predicted molar refractivity (Wildman–Crippen MR) is 69.3 cm³/mol. The van der Waals surface area contributed by atoms with Gasteiger partial charge in [0.15, 0.2) is 11.5 Å². The highest BCUT2D eigenvalue weighted by Crippen LogP contribution is 2.22. The molecule has 0 spiro atoms. The molecule has 2 heterocycles. The summed E-state index contributed by atoms with van der Waals surface area (Å²) in [6.07, 6.45) is 3.08. The SMILES string of the molecule is NCc1ccccc1Nc1ncnc2nc[nH]c12. The number of H-pyrrole nitrogens is 1. The fraction of sp³-hybridized carbons (Fsp3) is 0.0833. The molecule has 6 heteroatoms. The number of aromatic nitrogens is 4. The minimum Gasteiger partial charge on any atom is -0.340 e. The van der Waals surface area contributed by atoms with Gasteiger partial charge in [0.2, 0.25) is 0 Å². The first-order valence-corrected chi connectivity index (χ1v) is 5.57. The summed E-state index contributed by atoms with van der Waals surface area (Å²) in [5.74, 6) is 0.693. The molecule has 0 bridgehead atoms. The number of hydrogen-bond donors (Lipinski definition) is 3. The lowest BCUT2D eigenvalue weighted by atomic mass is 10.2. The summed E-state index contributed by atoms with van der Waals surface area (Å²) in [7, 11) is 0. The zero-order valence-corrected chi connectivity index (χ0v) is 9.59. The van der Waals surface area contributed by atoms with Crippen molar-refractivity contribution in [2.24, 2.45) is 5.73 Å². The number of fused-ring (bicyclic) bond motifs is 1. The Kier molecular flexibility index (Phi) is 2.62. The summed E-state index contributed by atoms with van der Waals surface area (Å²) < 4.78 is 0. The number of aromatic amines is 1. The number of hydrogen-bond acceptors (Lipinski definition) is 5. The molecule has 6 nitrogen and oxygen atoms in total. The van der Waals surface area contributed by atoms with Crippen LogP contribution in [0.25, 0.3) is 11.2 Å². The van der Waals surface area contributed by atoms with E-state index in [0.29, 0.717) is 18.0 Å². The molecule has 90 valence electrons. The van der Waals surface area contributed by atoms with Gasteiger partial charge in [-0.05, 0) is 11.6 Å². The highest BCUT2D eigenvalue weighted by molar-refractivity contribution is 5.84. The van der Waals surface area contributed by atoms with Gasteiger partial charge in [0.1, 0.15) is 11.8 Å². The molecule has 0 aliphatic heterocycles. The molecule has 0 aliphatic carbocycles. The lowest BCUT2D eigenvalue weighted by Crippen LogP contribution is -2.03. The monoisotopic (exact) mass is 240 g/mol. The first kappa shape index (κ1) is 10.7. The fourth-order valence-corrected chi connectivity index (χ4v) is 1.81. The van der Waals surface area contributed by atoms with E-state index in [1.54, 1.807) is 6.33 Å². The van der Waals surface area contributed by atoms with Gasteiger partial charge in [-0.1, -0.05) is 18.2 Å². The van der Waals surface area contributed by atoms with Gasteiger partial charge in [-0.25, -0.2) is 15.0 Å². The molecule has 0 radical (unpaired) electrons. The molecule has 0 saturated heterocycles. The average molecular weight is 240 g/mol. The average Bonchev–Trinajstić information content (AvgIpc) is 2.89. The molecule has 3 aromatic rings. The molecule has 18 heavy (non-hydrogen) atoms. The minimum absolute atomic E-state index is 0.473. The van der Waals surface area contributed by atoms with Crippen LogP contribution in [0.2, 0.25) is 0 Å². The standard InChI is InChI=1S/C12H12N6/c13-5-8-3-1-2-4-9(8)18-12-10-11(15-6-14-10)16-7-17-12/h1-4,6-7H,5,13H2,(H2,14,15,16,17,18). The van der Waals surface area contributed by atoms with Crippen molar-refractivity contribution in [2.75, 3.05) is 5.32 Å². The van der Waals surface area contributed by atoms with Gasteiger partial charge in [-0.3, -0.25) is 0 Å². The molecular formula is C12H12N6. The maximum atomic E-state index is 5.70. The number of nitrogens with one attached hydrogen (secondary N) is 2. The Morgan fingerprint density at radius 3 is 2.94 bits per heavy atom. The number of rotatable bonds is 3. The third-order valence-corrected chi connectivity index (χ3v) is 2.71. The maximum absolute atomic E-state index is 5.70. The van der Waals surface area contributed by atoms with E-state index in [0.717, 1.165) is 16.8 Å². The van der Waals surface area contributed by atoms with Gasteiger partial charge in [-0.2, -0.15) is 0 Å². The minimum atomic E-state index is 0.473. The second-order valence-electron chi connectivity index (χ2n) is 3.81. The largest absolute Gasteiger partial charge is 0.340 e. The lowest BCUT2D eigenvalue weighted by molar-refractivity contribution is 1.07. The van der Waals surface area contributed by atoms with Crippen LogP contribution in [0, 0.1) is 0 Å². The van der Waals surface area contributed by atoms with Crippen LogP contribution >= 0.6 is 0 Å². The number of nitrogens with two attached hydrogens (primary N) is 1. The van der Waals surface area contributed by atoms with E-state index in [9.17, 15) is 0 Å². The van der Waals surface area contributed by atoms with Crippen LogP contribution in [-0.4, -0.2) is 19.9 Å². The van der Waals surface area contributed by atoms with Crippen molar-refractivity contribution in [3.05, 3.63) is 42.5 Å². The highest BCUT2D eigenvalue weighted by Gasteiger charge is 2.07. The van der Waals surface area contributed by atoms with Crippen LogP contribution in [0.3, 0.4) is 0 Å². The molecule has 0 aliphatic rings. The van der Waals surface area contributed by atoms with Crippen LogP contribution < -0.4 is 11.1 Å². The molecule has 0 atom stereocenters. The van der Waals surface area contributed by atoms with E-state index in [1.165, 1.54) is 6.33 Å². The molecule has 1 aromatic carbocycles. The number of nitrogens with zero attached hydrogens (tertiary/aromatic N) is 3. The first-order valence-electron chi connectivity index (χ1n) is 5.57. The Morgan fingerprint density at radius 1 is 1.17 bits per heavy atom. The first-order chi connectivity index (χ1) is 8.88. The Labute approximate surface area is 103 Å².